The summed E-state index contributed by atoms with van der Waals surface area (Å²) in [4.78, 5) is 15.6. The zero-order valence-corrected chi connectivity index (χ0v) is 10.9. The number of carbonyl (C=O) groups is 1. The standard InChI is InChI=1S/C15H17NO2/c1-10(2)13-8-7-12-5-4-6-14(15(12)16-13)18-9-11(3)17/h4-8,10H,9H2,1-3H3. The Morgan fingerprint density at radius 3 is 2.72 bits per heavy atom. The van der Waals surface area contributed by atoms with Crippen LogP contribution in [0.5, 0.6) is 5.75 Å². The lowest BCUT2D eigenvalue weighted by Crippen LogP contribution is -2.07. The number of rotatable bonds is 4. The third-order valence-electron chi connectivity index (χ3n) is 2.73. The lowest BCUT2D eigenvalue weighted by molar-refractivity contribution is -0.118. The van der Waals surface area contributed by atoms with Crippen molar-refractivity contribution in [3.63, 3.8) is 0 Å². The second-order valence-electron chi connectivity index (χ2n) is 4.71. The molecular weight excluding hydrogens is 226 g/mol. The molecule has 2 aromatic rings. The highest BCUT2D eigenvalue weighted by molar-refractivity contribution is 5.85. The van der Waals surface area contributed by atoms with Gasteiger partial charge in [0.25, 0.3) is 0 Å². The van der Waals surface area contributed by atoms with E-state index in [1.165, 1.54) is 6.92 Å². The SMILES string of the molecule is CC(=O)COc1cccc2ccc(C(C)C)nc12. The fourth-order valence-electron chi connectivity index (χ4n) is 1.75. The minimum atomic E-state index is 0.00650. The molecule has 0 saturated heterocycles. The van der Waals surface area contributed by atoms with Crippen molar-refractivity contribution in [1.82, 2.24) is 4.98 Å². The maximum Gasteiger partial charge on any atom is 0.167 e. The zero-order chi connectivity index (χ0) is 13.1. The van der Waals surface area contributed by atoms with Crippen molar-refractivity contribution < 1.29 is 9.53 Å². The van der Waals surface area contributed by atoms with Crippen LogP contribution in [0, 0.1) is 0 Å². The first-order chi connectivity index (χ1) is 8.58. The molecule has 0 unspecified atom stereocenters. The second-order valence-corrected chi connectivity index (χ2v) is 4.71. The summed E-state index contributed by atoms with van der Waals surface area (Å²) in [6.45, 7) is 5.81. The normalized spacial score (nSPS) is 10.9. The summed E-state index contributed by atoms with van der Waals surface area (Å²) in [6.07, 6.45) is 0. The van der Waals surface area contributed by atoms with E-state index in [0.717, 1.165) is 16.6 Å². The summed E-state index contributed by atoms with van der Waals surface area (Å²) in [5, 5.41) is 1.03. The third-order valence-corrected chi connectivity index (χ3v) is 2.73. The van der Waals surface area contributed by atoms with Gasteiger partial charge in [-0.1, -0.05) is 32.0 Å². The van der Waals surface area contributed by atoms with Gasteiger partial charge < -0.3 is 4.74 Å². The number of fused-ring (bicyclic) bond motifs is 1. The Labute approximate surface area is 107 Å². The Hall–Kier alpha value is -1.90. The number of Topliss-reactive ketones (excluding diaryl/α,β-unsaturated/α-hetero) is 1. The summed E-state index contributed by atoms with van der Waals surface area (Å²) in [5.74, 6) is 1.05. The highest BCUT2D eigenvalue weighted by atomic mass is 16.5. The number of pyridine rings is 1. The van der Waals surface area contributed by atoms with Crippen LogP contribution in [0.2, 0.25) is 0 Å². The van der Waals surface area contributed by atoms with Crippen LogP contribution in [-0.4, -0.2) is 17.4 Å². The van der Waals surface area contributed by atoms with Crippen molar-refractivity contribution in [3.05, 3.63) is 36.0 Å². The van der Waals surface area contributed by atoms with Gasteiger partial charge in [0.2, 0.25) is 0 Å². The molecule has 18 heavy (non-hydrogen) atoms. The van der Waals surface area contributed by atoms with Crippen molar-refractivity contribution in [2.24, 2.45) is 0 Å². The molecular formula is C15H17NO2. The van der Waals surface area contributed by atoms with E-state index in [2.05, 4.69) is 18.8 Å². The van der Waals surface area contributed by atoms with Crippen LogP contribution >= 0.6 is 0 Å². The van der Waals surface area contributed by atoms with Crippen LogP contribution in [0.3, 0.4) is 0 Å². The van der Waals surface area contributed by atoms with Crippen LogP contribution in [0.15, 0.2) is 30.3 Å². The topological polar surface area (TPSA) is 39.2 Å². The van der Waals surface area contributed by atoms with Gasteiger partial charge >= 0.3 is 0 Å². The fraction of sp³-hybridized carbons (Fsp3) is 0.333. The number of nitrogens with zero attached hydrogens (tertiary/aromatic N) is 1. The van der Waals surface area contributed by atoms with Gasteiger partial charge in [-0.25, -0.2) is 4.98 Å². The molecule has 0 radical (unpaired) electrons. The summed E-state index contributed by atoms with van der Waals surface area (Å²) in [5.41, 5.74) is 1.85. The molecule has 0 aliphatic rings. The Bertz CT molecular complexity index is 576. The zero-order valence-electron chi connectivity index (χ0n) is 10.9. The van der Waals surface area contributed by atoms with E-state index in [1.807, 2.05) is 30.3 Å². The number of carbonyl (C=O) groups excluding carboxylic acids is 1. The van der Waals surface area contributed by atoms with E-state index in [0.29, 0.717) is 11.7 Å². The monoisotopic (exact) mass is 243 g/mol. The molecule has 3 heteroatoms. The van der Waals surface area contributed by atoms with E-state index in [1.54, 1.807) is 0 Å². The maximum absolute atomic E-state index is 11.0. The summed E-state index contributed by atoms with van der Waals surface area (Å²) >= 11 is 0. The van der Waals surface area contributed by atoms with Crippen molar-refractivity contribution in [3.8, 4) is 5.75 Å². The lowest BCUT2D eigenvalue weighted by atomic mass is 10.1. The summed E-state index contributed by atoms with van der Waals surface area (Å²) in [6, 6.07) is 9.82. The van der Waals surface area contributed by atoms with Crippen molar-refractivity contribution in [1.29, 1.82) is 0 Å². The molecule has 0 spiro atoms. The molecule has 3 nitrogen and oxygen atoms in total. The predicted molar refractivity (Wildman–Crippen MR) is 72.0 cm³/mol. The smallest absolute Gasteiger partial charge is 0.167 e. The molecule has 1 heterocycles. The quantitative estimate of drug-likeness (QED) is 0.826. The number of aromatic nitrogens is 1. The summed E-state index contributed by atoms with van der Waals surface area (Å²) in [7, 11) is 0. The molecule has 0 amide bonds. The van der Waals surface area contributed by atoms with Gasteiger partial charge in [0.15, 0.2) is 5.78 Å². The molecule has 0 aliphatic carbocycles. The predicted octanol–water partition coefficient (Wildman–Crippen LogP) is 3.33. The Morgan fingerprint density at radius 2 is 2.06 bits per heavy atom. The first kappa shape index (κ1) is 12.6. The van der Waals surface area contributed by atoms with Crippen molar-refractivity contribution in [2.75, 3.05) is 6.61 Å². The van der Waals surface area contributed by atoms with E-state index < -0.39 is 0 Å². The van der Waals surface area contributed by atoms with Crippen molar-refractivity contribution in [2.45, 2.75) is 26.7 Å². The highest BCUT2D eigenvalue weighted by Crippen LogP contribution is 2.25. The highest BCUT2D eigenvalue weighted by Gasteiger charge is 2.07. The number of hydrogen-bond donors (Lipinski definition) is 0. The number of ether oxygens (including phenoxy) is 1. The number of ketones is 1. The van der Waals surface area contributed by atoms with Gasteiger partial charge in [-0.05, 0) is 25.0 Å². The van der Waals surface area contributed by atoms with Gasteiger partial charge in [0, 0.05) is 11.1 Å². The van der Waals surface area contributed by atoms with E-state index in [9.17, 15) is 4.79 Å². The van der Waals surface area contributed by atoms with Gasteiger partial charge in [0.1, 0.15) is 17.9 Å². The van der Waals surface area contributed by atoms with E-state index in [4.69, 9.17) is 4.74 Å². The van der Waals surface area contributed by atoms with Crippen LogP contribution in [-0.2, 0) is 4.79 Å². The molecule has 0 saturated carbocycles. The lowest BCUT2D eigenvalue weighted by Gasteiger charge is -2.10. The van der Waals surface area contributed by atoms with Gasteiger partial charge in [-0.3, -0.25) is 4.79 Å². The molecule has 0 atom stereocenters. The number of hydrogen-bond acceptors (Lipinski definition) is 3. The second kappa shape index (κ2) is 5.17. The average Bonchev–Trinajstić information content (AvgIpc) is 2.35. The molecule has 1 aromatic heterocycles. The van der Waals surface area contributed by atoms with Gasteiger partial charge in [-0.15, -0.1) is 0 Å². The van der Waals surface area contributed by atoms with E-state index in [-0.39, 0.29) is 12.4 Å². The molecule has 2 rings (SSSR count). The first-order valence-corrected chi connectivity index (χ1v) is 6.10. The molecule has 1 aromatic carbocycles. The third kappa shape index (κ3) is 2.67. The van der Waals surface area contributed by atoms with E-state index >= 15 is 0 Å². The van der Waals surface area contributed by atoms with Crippen LogP contribution in [0.4, 0.5) is 0 Å². The van der Waals surface area contributed by atoms with Crippen LogP contribution < -0.4 is 4.74 Å². The number of para-hydroxylation sites is 1. The average molecular weight is 243 g/mol. The Kier molecular flexibility index (Phi) is 3.60. The van der Waals surface area contributed by atoms with Crippen LogP contribution in [0.25, 0.3) is 10.9 Å². The Morgan fingerprint density at radius 1 is 1.28 bits per heavy atom. The maximum atomic E-state index is 11.0. The molecule has 0 aliphatic heterocycles. The van der Waals surface area contributed by atoms with Crippen molar-refractivity contribution >= 4 is 16.7 Å². The Balaban J connectivity index is 2.45. The summed E-state index contributed by atoms with van der Waals surface area (Å²) < 4.78 is 5.50. The largest absolute Gasteiger partial charge is 0.484 e. The molecule has 0 N–H and O–H groups in total. The fourth-order valence-corrected chi connectivity index (χ4v) is 1.75. The van der Waals surface area contributed by atoms with Gasteiger partial charge in [-0.2, -0.15) is 0 Å². The molecule has 0 bridgehead atoms. The minimum absolute atomic E-state index is 0.00650. The minimum Gasteiger partial charge on any atom is -0.484 e. The number of benzene rings is 1. The van der Waals surface area contributed by atoms with Gasteiger partial charge in [0.05, 0.1) is 0 Å². The van der Waals surface area contributed by atoms with Crippen LogP contribution in [0.1, 0.15) is 32.4 Å². The first-order valence-electron chi connectivity index (χ1n) is 6.10. The molecule has 0 fully saturated rings. The molecule has 94 valence electrons.